The van der Waals surface area contributed by atoms with E-state index >= 15 is 0 Å². The highest BCUT2D eigenvalue weighted by atomic mass is 32.2. The Morgan fingerprint density at radius 3 is 2.53 bits per heavy atom. The van der Waals surface area contributed by atoms with Gasteiger partial charge in [-0.3, -0.25) is 0 Å². The second-order valence-electron chi connectivity index (χ2n) is 7.13. The maximum absolute atomic E-state index is 14.8. The van der Waals surface area contributed by atoms with Crippen molar-refractivity contribution in [2.24, 2.45) is 0 Å². The molecule has 0 amide bonds. The van der Waals surface area contributed by atoms with Gasteiger partial charge in [-0.1, -0.05) is 18.2 Å². The van der Waals surface area contributed by atoms with E-state index < -0.39 is 44.3 Å². The smallest absolute Gasteiger partial charge is 0.245 e. The first kappa shape index (κ1) is 23.2. The van der Waals surface area contributed by atoms with Crippen LogP contribution in [0, 0.1) is 36.8 Å². The zero-order valence-corrected chi connectivity index (χ0v) is 18.5. The maximum Gasteiger partial charge on any atom is 0.245 e. The van der Waals surface area contributed by atoms with Crippen molar-refractivity contribution in [3.63, 3.8) is 0 Å². The van der Waals surface area contributed by atoms with E-state index in [9.17, 15) is 17.2 Å². The molecule has 0 radical (unpaired) electrons. The van der Waals surface area contributed by atoms with Crippen molar-refractivity contribution in [3.8, 4) is 11.8 Å². The fourth-order valence-electron chi connectivity index (χ4n) is 3.47. The maximum atomic E-state index is 14.8. The summed E-state index contributed by atoms with van der Waals surface area (Å²) in [6, 6.07) is 5.48. The summed E-state index contributed by atoms with van der Waals surface area (Å²) >= 11 is 0. The minimum atomic E-state index is -4.43. The monoisotopic (exact) mass is 462 g/mol. The van der Waals surface area contributed by atoms with Crippen LogP contribution in [-0.4, -0.2) is 36.2 Å². The van der Waals surface area contributed by atoms with Crippen LogP contribution >= 0.6 is 0 Å². The van der Waals surface area contributed by atoms with Crippen molar-refractivity contribution in [1.82, 2.24) is 25.3 Å². The zero-order chi connectivity index (χ0) is 23.6. The molecule has 0 aliphatic carbocycles. The molecule has 9 nitrogen and oxygen atoms in total. The molecule has 0 fully saturated rings. The number of hydrogen-bond donors (Lipinski definition) is 2. The van der Waals surface area contributed by atoms with Gasteiger partial charge in [-0.2, -0.15) is 15.2 Å². The lowest BCUT2D eigenvalue weighted by Crippen LogP contribution is -2.33. The van der Waals surface area contributed by atoms with Gasteiger partial charge in [0, 0.05) is 5.92 Å². The predicted octanol–water partition coefficient (Wildman–Crippen LogP) is 2.80. The van der Waals surface area contributed by atoms with Crippen LogP contribution in [0.2, 0.25) is 0 Å². The van der Waals surface area contributed by atoms with E-state index in [1.165, 1.54) is 6.07 Å². The molecule has 32 heavy (non-hydrogen) atoms. The first-order valence-corrected chi connectivity index (χ1v) is 10.9. The Bertz CT molecular complexity index is 1290. The number of aromatic amines is 1. The Morgan fingerprint density at radius 1 is 1.22 bits per heavy atom. The number of tetrazole rings is 1. The quantitative estimate of drug-likeness (QED) is 0.551. The number of rotatable bonds is 7. The second kappa shape index (κ2) is 8.97. The Labute approximate surface area is 183 Å². The standard InChI is InChI=1S/C20H20F2N6O3S/c1-10-5-7-14(21)16(11(10)2)12(3)18(20-24-27-28-25-20)26-32(29,30)15-8-6-13(9-23)17(22)19(15)31-4/h5-8,12,18,26H,1-4H3,(H,24,25,27,28)/t12-,18+/m0/s1. The average molecular weight is 462 g/mol. The molecule has 0 spiro atoms. The lowest BCUT2D eigenvalue weighted by molar-refractivity contribution is 0.372. The normalized spacial score (nSPS) is 13.4. The van der Waals surface area contributed by atoms with Gasteiger partial charge in [-0.25, -0.2) is 17.2 Å². The van der Waals surface area contributed by atoms with Gasteiger partial charge in [0.25, 0.3) is 0 Å². The molecule has 0 aliphatic rings. The molecule has 0 bridgehead atoms. The predicted molar refractivity (Wildman–Crippen MR) is 109 cm³/mol. The van der Waals surface area contributed by atoms with Gasteiger partial charge in [-0.15, -0.1) is 10.2 Å². The minimum Gasteiger partial charge on any atom is -0.492 e. The van der Waals surface area contributed by atoms with Crippen LogP contribution in [0.4, 0.5) is 8.78 Å². The largest absolute Gasteiger partial charge is 0.492 e. The van der Waals surface area contributed by atoms with E-state index in [-0.39, 0.29) is 17.0 Å². The Morgan fingerprint density at radius 2 is 1.94 bits per heavy atom. The van der Waals surface area contributed by atoms with Crippen molar-refractivity contribution in [3.05, 3.63) is 64.0 Å². The van der Waals surface area contributed by atoms with Crippen molar-refractivity contribution in [2.45, 2.75) is 37.6 Å². The van der Waals surface area contributed by atoms with Crippen LogP contribution in [0.1, 0.15) is 47.0 Å². The second-order valence-corrected chi connectivity index (χ2v) is 8.81. The van der Waals surface area contributed by atoms with Crippen LogP contribution in [0.3, 0.4) is 0 Å². The highest BCUT2D eigenvalue weighted by molar-refractivity contribution is 7.89. The van der Waals surface area contributed by atoms with Gasteiger partial charge in [0.05, 0.1) is 18.7 Å². The summed E-state index contributed by atoms with van der Waals surface area (Å²) < 4.78 is 63.1. The summed E-state index contributed by atoms with van der Waals surface area (Å²) in [5.41, 5.74) is 1.37. The third kappa shape index (κ3) is 4.17. The number of sulfonamides is 1. The molecule has 0 unspecified atom stereocenters. The van der Waals surface area contributed by atoms with Gasteiger partial charge >= 0.3 is 0 Å². The van der Waals surface area contributed by atoms with E-state index in [0.29, 0.717) is 5.56 Å². The van der Waals surface area contributed by atoms with Crippen LogP contribution in [0.15, 0.2) is 29.2 Å². The van der Waals surface area contributed by atoms with Crippen molar-refractivity contribution in [1.29, 1.82) is 5.26 Å². The van der Waals surface area contributed by atoms with E-state index in [4.69, 9.17) is 10.00 Å². The highest BCUT2D eigenvalue weighted by Gasteiger charge is 2.34. The first-order chi connectivity index (χ1) is 15.1. The summed E-state index contributed by atoms with van der Waals surface area (Å²) in [5.74, 6) is -3.04. The number of aryl methyl sites for hydroxylation is 1. The van der Waals surface area contributed by atoms with Crippen LogP contribution in [0.25, 0.3) is 0 Å². The molecule has 1 aromatic heterocycles. The lowest BCUT2D eigenvalue weighted by atomic mass is 9.88. The summed E-state index contributed by atoms with van der Waals surface area (Å²) in [6.07, 6.45) is 0. The molecule has 12 heteroatoms. The molecule has 2 N–H and O–H groups in total. The van der Waals surface area contributed by atoms with Crippen molar-refractivity contribution in [2.75, 3.05) is 7.11 Å². The molecule has 0 aliphatic heterocycles. The summed E-state index contributed by atoms with van der Waals surface area (Å²) in [7, 11) is -3.35. The average Bonchev–Trinajstić information content (AvgIpc) is 3.29. The molecule has 2 atom stereocenters. The number of ether oxygens (including phenoxy) is 1. The molecule has 3 rings (SSSR count). The van der Waals surface area contributed by atoms with Crippen LogP contribution < -0.4 is 9.46 Å². The number of hydrogen-bond acceptors (Lipinski definition) is 7. The third-order valence-corrected chi connectivity index (χ3v) is 6.75. The summed E-state index contributed by atoms with van der Waals surface area (Å²) in [6.45, 7) is 5.15. The fraction of sp³-hybridized carbons (Fsp3) is 0.300. The fourth-order valence-corrected chi connectivity index (χ4v) is 4.90. The first-order valence-electron chi connectivity index (χ1n) is 9.40. The van der Waals surface area contributed by atoms with Gasteiger partial charge < -0.3 is 4.74 Å². The van der Waals surface area contributed by atoms with E-state index in [0.717, 1.165) is 24.8 Å². The molecular weight excluding hydrogens is 442 g/mol. The van der Waals surface area contributed by atoms with E-state index in [2.05, 4.69) is 25.3 Å². The minimum absolute atomic E-state index is 0.0329. The Kier molecular flexibility index (Phi) is 6.52. The van der Waals surface area contributed by atoms with Crippen molar-refractivity contribution < 1.29 is 21.9 Å². The van der Waals surface area contributed by atoms with E-state index in [1.54, 1.807) is 26.0 Å². The Hall–Kier alpha value is -3.43. The summed E-state index contributed by atoms with van der Waals surface area (Å²) in [4.78, 5) is -0.529. The van der Waals surface area contributed by atoms with E-state index in [1.807, 2.05) is 6.92 Å². The number of halogens is 2. The number of aromatic nitrogens is 4. The third-order valence-electron chi connectivity index (χ3n) is 5.28. The van der Waals surface area contributed by atoms with Crippen LogP contribution in [-0.2, 0) is 10.0 Å². The molecule has 0 saturated heterocycles. The number of nitrogens with one attached hydrogen (secondary N) is 2. The molecular formula is C20H20F2N6O3S. The van der Waals surface area contributed by atoms with Crippen molar-refractivity contribution >= 4 is 10.0 Å². The number of benzene rings is 2. The SMILES string of the molecule is COc1c(S(=O)(=O)N[C@@H](c2nn[nH]n2)[C@@H](C)c2c(F)ccc(C)c2C)ccc(C#N)c1F. The number of methoxy groups -OCH3 is 1. The number of H-pyrrole nitrogens is 1. The topological polar surface area (TPSA) is 134 Å². The highest BCUT2D eigenvalue weighted by Crippen LogP contribution is 2.36. The number of nitrogens with zero attached hydrogens (tertiary/aromatic N) is 4. The van der Waals surface area contributed by atoms with Crippen LogP contribution in [0.5, 0.6) is 5.75 Å². The van der Waals surface area contributed by atoms with Gasteiger partial charge in [0.15, 0.2) is 17.4 Å². The molecule has 168 valence electrons. The molecule has 0 saturated carbocycles. The van der Waals surface area contributed by atoms with Gasteiger partial charge in [-0.05, 0) is 48.7 Å². The van der Waals surface area contributed by atoms with Gasteiger partial charge in [0.1, 0.15) is 16.8 Å². The molecule has 1 heterocycles. The summed E-state index contributed by atoms with van der Waals surface area (Å²) in [5, 5.41) is 22.5. The number of nitriles is 1. The molecule has 3 aromatic rings. The lowest BCUT2D eigenvalue weighted by Gasteiger charge is -2.25. The van der Waals surface area contributed by atoms with Gasteiger partial charge in [0.2, 0.25) is 10.0 Å². The zero-order valence-electron chi connectivity index (χ0n) is 17.6. The molecule has 2 aromatic carbocycles. The Balaban J connectivity index is 2.12.